The Kier molecular flexibility index (Phi) is 7.11. The number of carbonyl (C=O) groups excluding carboxylic acids is 2. The number of benzene rings is 2. The first-order valence-electron chi connectivity index (χ1n) is 9.74. The first-order chi connectivity index (χ1) is 14.2. The van der Waals surface area contributed by atoms with Crippen molar-refractivity contribution in [2.75, 3.05) is 0 Å². The van der Waals surface area contributed by atoms with Gasteiger partial charge in [0, 0.05) is 31.9 Å². The van der Waals surface area contributed by atoms with Crippen LogP contribution in [0.15, 0.2) is 85.2 Å². The Hall–Kier alpha value is -3.47. The van der Waals surface area contributed by atoms with E-state index < -0.39 is 6.04 Å². The van der Waals surface area contributed by atoms with Gasteiger partial charge in [-0.05, 0) is 28.8 Å². The number of hydrogen-bond donors (Lipinski definition) is 1. The van der Waals surface area contributed by atoms with Crippen LogP contribution in [0.25, 0.3) is 0 Å². The minimum atomic E-state index is -0.703. The third kappa shape index (κ3) is 5.51. The molecular formula is C24H25N3O2. The van der Waals surface area contributed by atoms with Gasteiger partial charge in [-0.2, -0.15) is 0 Å². The molecule has 29 heavy (non-hydrogen) atoms. The van der Waals surface area contributed by atoms with Gasteiger partial charge in [-0.1, -0.05) is 67.6 Å². The normalized spacial score (nSPS) is 11.5. The van der Waals surface area contributed by atoms with Crippen molar-refractivity contribution >= 4 is 11.8 Å². The van der Waals surface area contributed by atoms with E-state index in [0.717, 1.165) is 16.7 Å². The summed E-state index contributed by atoms with van der Waals surface area (Å²) in [6, 6.07) is 22.2. The summed E-state index contributed by atoms with van der Waals surface area (Å²) in [5.41, 5.74) is 2.73. The Labute approximate surface area is 171 Å². The molecular weight excluding hydrogens is 362 g/mol. The van der Waals surface area contributed by atoms with Crippen molar-refractivity contribution in [3.8, 4) is 0 Å². The summed E-state index contributed by atoms with van der Waals surface area (Å²) in [4.78, 5) is 31.8. The van der Waals surface area contributed by atoms with Crippen molar-refractivity contribution in [2.45, 2.75) is 32.5 Å². The van der Waals surface area contributed by atoms with E-state index in [4.69, 9.17) is 0 Å². The van der Waals surface area contributed by atoms with Crippen LogP contribution in [-0.4, -0.2) is 21.7 Å². The van der Waals surface area contributed by atoms with Gasteiger partial charge < -0.3 is 10.2 Å². The molecule has 5 heteroatoms. The Morgan fingerprint density at radius 3 is 2.14 bits per heavy atom. The fourth-order valence-electron chi connectivity index (χ4n) is 3.20. The highest BCUT2D eigenvalue weighted by Crippen LogP contribution is 2.24. The van der Waals surface area contributed by atoms with E-state index in [1.807, 2.05) is 79.7 Å². The van der Waals surface area contributed by atoms with Crippen LogP contribution in [0.2, 0.25) is 0 Å². The predicted molar refractivity (Wildman–Crippen MR) is 113 cm³/mol. The lowest BCUT2D eigenvalue weighted by Crippen LogP contribution is -2.43. The molecule has 0 bridgehead atoms. The Morgan fingerprint density at radius 2 is 1.52 bits per heavy atom. The molecule has 0 aliphatic heterocycles. The van der Waals surface area contributed by atoms with Crippen LogP contribution in [0.3, 0.4) is 0 Å². The average molecular weight is 387 g/mol. The van der Waals surface area contributed by atoms with Gasteiger partial charge in [0.05, 0.1) is 0 Å². The second-order valence-electron chi connectivity index (χ2n) is 6.75. The molecule has 1 aromatic heterocycles. The average Bonchev–Trinajstić information content (AvgIpc) is 2.79. The first-order valence-corrected chi connectivity index (χ1v) is 9.74. The summed E-state index contributed by atoms with van der Waals surface area (Å²) in [5.74, 6) is -0.271. The summed E-state index contributed by atoms with van der Waals surface area (Å²) in [7, 11) is 0. The van der Waals surface area contributed by atoms with Crippen molar-refractivity contribution in [2.24, 2.45) is 0 Å². The molecule has 0 aliphatic carbocycles. The van der Waals surface area contributed by atoms with Crippen LogP contribution >= 0.6 is 0 Å². The highest BCUT2D eigenvalue weighted by Gasteiger charge is 2.30. The van der Waals surface area contributed by atoms with Crippen LogP contribution < -0.4 is 5.32 Å². The van der Waals surface area contributed by atoms with Crippen molar-refractivity contribution in [1.82, 2.24) is 15.2 Å². The second-order valence-corrected chi connectivity index (χ2v) is 6.75. The standard InChI is InChI=1S/C24H25N3O2/c1-2-22(28)27(18-20-9-5-3-6-10-20)23(21-11-7-4-8-12-21)24(29)26-17-19-13-15-25-16-14-19/h3-16,23H,2,17-18H2,1H3,(H,26,29)/t23-/m1/s1. The molecule has 5 nitrogen and oxygen atoms in total. The van der Waals surface area contributed by atoms with E-state index in [-0.39, 0.29) is 11.8 Å². The molecule has 2 amide bonds. The van der Waals surface area contributed by atoms with Crippen LogP contribution in [-0.2, 0) is 22.7 Å². The third-order valence-electron chi connectivity index (χ3n) is 4.71. The lowest BCUT2D eigenvalue weighted by Gasteiger charge is -2.31. The van der Waals surface area contributed by atoms with E-state index in [2.05, 4.69) is 10.3 Å². The molecule has 0 unspecified atom stereocenters. The fourth-order valence-corrected chi connectivity index (χ4v) is 3.20. The number of nitrogens with zero attached hydrogens (tertiary/aromatic N) is 2. The molecule has 0 saturated carbocycles. The van der Waals surface area contributed by atoms with Crippen molar-refractivity contribution in [3.63, 3.8) is 0 Å². The van der Waals surface area contributed by atoms with Gasteiger partial charge in [-0.25, -0.2) is 0 Å². The molecule has 1 atom stereocenters. The van der Waals surface area contributed by atoms with Crippen LogP contribution in [0, 0.1) is 0 Å². The number of carbonyl (C=O) groups is 2. The molecule has 1 N–H and O–H groups in total. The topological polar surface area (TPSA) is 62.3 Å². The van der Waals surface area contributed by atoms with Crippen LogP contribution in [0.4, 0.5) is 0 Å². The maximum absolute atomic E-state index is 13.2. The largest absolute Gasteiger partial charge is 0.350 e. The van der Waals surface area contributed by atoms with E-state index in [0.29, 0.717) is 19.5 Å². The Bertz CT molecular complexity index is 915. The Morgan fingerprint density at radius 1 is 0.897 bits per heavy atom. The number of aromatic nitrogens is 1. The molecule has 1 heterocycles. The van der Waals surface area contributed by atoms with E-state index in [9.17, 15) is 9.59 Å². The third-order valence-corrected chi connectivity index (χ3v) is 4.71. The second kappa shape index (κ2) is 10.2. The molecule has 2 aromatic carbocycles. The van der Waals surface area contributed by atoms with Crippen molar-refractivity contribution in [1.29, 1.82) is 0 Å². The maximum Gasteiger partial charge on any atom is 0.247 e. The van der Waals surface area contributed by atoms with Gasteiger partial charge in [0.15, 0.2) is 0 Å². The van der Waals surface area contributed by atoms with E-state index in [1.165, 1.54) is 0 Å². The Balaban J connectivity index is 1.89. The zero-order valence-corrected chi connectivity index (χ0v) is 16.5. The smallest absolute Gasteiger partial charge is 0.247 e. The molecule has 3 rings (SSSR count). The van der Waals surface area contributed by atoms with Gasteiger partial charge >= 0.3 is 0 Å². The lowest BCUT2D eigenvalue weighted by molar-refractivity contribution is -0.141. The number of rotatable bonds is 8. The molecule has 0 fully saturated rings. The van der Waals surface area contributed by atoms with Crippen LogP contribution in [0.5, 0.6) is 0 Å². The summed E-state index contributed by atoms with van der Waals surface area (Å²) < 4.78 is 0. The van der Waals surface area contributed by atoms with Gasteiger partial charge in [0.1, 0.15) is 6.04 Å². The van der Waals surface area contributed by atoms with Crippen LogP contribution in [0.1, 0.15) is 36.1 Å². The SMILES string of the molecule is CCC(=O)N(Cc1ccccc1)[C@@H](C(=O)NCc1ccncc1)c1ccccc1. The van der Waals surface area contributed by atoms with Gasteiger partial charge in [-0.15, -0.1) is 0 Å². The van der Waals surface area contributed by atoms with E-state index >= 15 is 0 Å². The minimum absolute atomic E-state index is 0.0678. The first kappa shape index (κ1) is 20.3. The predicted octanol–water partition coefficient (Wildman–Crippen LogP) is 3.88. The molecule has 0 spiro atoms. The summed E-state index contributed by atoms with van der Waals surface area (Å²) >= 11 is 0. The molecule has 0 saturated heterocycles. The molecule has 3 aromatic rings. The molecule has 0 radical (unpaired) electrons. The number of nitrogens with one attached hydrogen (secondary N) is 1. The monoisotopic (exact) mass is 387 g/mol. The molecule has 0 aliphatic rings. The molecule has 148 valence electrons. The number of amides is 2. The zero-order chi connectivity index (χ0) is 20.5. The summed E-state index contributed by atoms with van der Waals surface area (Å²) in [6.45, 7) is 2.57. The van der Waals surface area contributed by atoms with Gasteiger partial charge in [-0.3, -0.25) is 14.6 Å². The van der Waals surface area contributed by atoms with Crippen molar-refractivity contribution < 1.29 is 9.59 Å². The highest BCUT2D eigenvalue weighted by atomic mass is 16.2. The zero-order valence-electron chi connectivity index (χ0n) is 16.5. The summed E-state index contributed by atoms with van der Waals surface area (Å²) in [6.07, 6.45) is 3.71. The van der Waals surface area contributed by atoms with Crippen molar-refractivity contribution in [3.05, 3.63) is 102 Å². The number of pyridine rings is 1. The quantitative estimate of drug-likeness (QED) is 0.638. The minimum Gasteiger partial charge on any atom is -0.350 e. The fraction of sp³-hybridized carbons (Fsp3) is 0.208. The van der Waals surface area contributed by atoms with Gasteiger partial charge in [0.25, 0.3) is 0 Å². The highest BCUT2D eigenvalue weighted by molar-refractivity contribution is 5.88. The van der Waals surface area contributed by atoms with Gasteiger partial charge in [0.2, 0.25) is 11.8 Å². The van der Waals surface area contributed by atoms with E-state index in [1.54, 1.807) is 17.3 Å². The lowest BCUT2D eigenvalue weighted by atomic mass is 10.0. The maximum atomic E-state index is 13.2. The summed E-state index contributed by atoms with van der Waals surface area (Å²) in [5, 5.41) is 2.98. The number of hydrogen-bond acceptors (Lipinski definition) is 3.